The summed E-state index contributed by atoms with van der Waals surface area (Å²) in [5.74, 6) is 0.328. The Kier molecular flexibility index (Phi) is 4.88. The minimum Gasteiger partial charge on any atom is -0.492 e. The molecule has 0 saturated carbocycles. The van der Waals surface area contributed by atoms with Crippen LogP contribution in [-0.2, 0) is 10.3 Å². The quantitative estimate of drug-likeness (QED) is 0.804. The molecule has 0 aromatic heterocycles. The summed E-state index contributed by atoms with van der Waals surface area (Å²) in [6.07, 6.45) is 0. The zero-order valence-electron chi connectivity index (χ0n) is 13.5. The second-order valence-corrected chi connectivity index (χ2v) is 6.62. The number of ether oxygens (including phenoxy) is 1. The van der Waals surface area contributed by atoms with Crippen LogP contribution >= 0.6 is 23.2 Å². The molecular weight excluding hydrogens is 363 g/mol. The average Bonchev–Trinajstić information content (AvgIpc) is 2.82. The van der Waals surface area contributed by atoms with E-state index in [-0.39, 0.29) is 19.1 Å². The van der Waals surface area contributed by atoms with E-state index in [1.54, 1.807) is 25.1 Å². The van der Waals surface area contributed by atoms with Crippen molar-refractivity contribution < 1.29 is 14.3 Å². The summed E-state index contributed by atoms with van der Waals surface area (Å²) in [5, 5.41) is 3.44. The molecule has 1 saturated heterocycles. The third-order valence-corrected chi connectivity index (χ3v) is 4.84. The molecule has 1 atom stereocenters. The number of amides is 3. The van der Waals surface area contributed by atoms with Crippen LogP contribution in [0.5, 0.6) is 5.75 Å². The largest absolute Gasteiger partial charge is 0.492 e. The molecule has 1 heterocycles. The molecule has 7 heteroatoms. The predicted octanol–water partition coefficient (Wildman–Crippen LogP) is 3.84. The molecule has 2 aromatic carbocycles. The first kappa shape index (κ1) is 17.6. The number of benzene rings is 2. The topological polar surface area (TPSA) is 58.6 Å². The number of urea groups is 1. The fourth-order valence-corrected chi connectivity index (χ4v) is 2.97. The number of hydrogen-bond donors (Lipinski definition) is 1. The molecule has 130 valence electrons. The maximum Gasteiger partial charge on any atom is 0.325 e. The highest BCUT2D eigenvalue weighted by Crippen LogP contribution is 2.32. The van der Waals surface area contributed by atoms with Crippen molar-refractivity contribution in [3.63, 3.8) is 0 Å². The highest BCUT2D eigenvalue weighted by Gasteiger charge is 2.48. The van der Waals surface area contributed by atoms with Crippen LogP contribution in [0.2, 0.25) is 10.0 Å². The number of nitrogens with zero attached hydrogens (tertiary/aromatic N) is 1. The first-order chi connectivity index (χ1) is 11.9. The van der Waals surface area contributed by atoms with Gasteiger partial charge in [0.2, 0.25) is 0 Å². The lowest BCUT2D eigenvalue weighted by Gasteiger charge is -2.22. The minimum absolute atomic E-state index is 0.149. The molecule has 1 unspecified atom stereocenters. The molecule has 1 N–H and O–H groups in total. The Labute approximate surface area is 155 Å². The Balaban J connectivity index is 1.72. The Bertz CT molecular complexity index is 813. The van der Waals surface area contributed by atoms with Gasteiger partial charge in [-0.15, -0.1) is 0 Å². The number of para-hydroxylation sites is 1. The second-order valence-electron chi connectivity index (χ2n) is 5.80. The van der Waals surface area contributed by atoms with Crippen molar-refractivity contribution in [1.29, 1.82) is 0 Å². The molecule has 1 aliphatic rings. The average molecular weight is 379 g/mol. The summed E-state index contributed by atoms with van der Waals surface area (Å²) in [5.41, 5.74) is -0.607. The van der Waals surface area contributed by atoms with Gasteiger partial charge < -0.3 is 10.1 Å². The van der Waals surface area contributed by atoms with Gasteiger partial charge >= 0.3 is 6.03 Å². The van der Waals surface area contributed by atoms with Gasteiger partial charge in [-0.3, -0.25) is 9.69 Å². The lowest BCUT2D eigenvalue weighted by atomic mass is 9.92. The molecule has 0 bridgehead atoms. The van der Waals surface area contributed by atoms with Gasteiger partial charge in [-0.25, -0.2) is 4.79 Å². The smallest absolute Gasteiger partial charge is 0.325 e. The van der Waals surface area contributed by atoms with E-state index < -0.39 is 11.6 Å². The van der Waals surface area contributed by atoms with Gasteiger partial charge in [0.1, 0.15) is 17.9 Å². The molecule has 1 aliphatic heterocycles. The standard InChI is InChI=1S/C18H16Cl2N2O3/c1-18(12-7-8-14(19)15(20)11-12)16(23)22(17(24)21-18)9-10-25-13-5-3-2-4-6-13/h2-8,11H,9-10H2,1H3,(H,21,24). The fraction of sp³-hybridized carbons (Fsp3) is 0.222. The number of nitrogens with one attached hydrogen (secondary N) is 1. The van der Waals surface area contributed by atoms with Gasteiger partial charge in [0.05, 0.1) is 16.6 Å². The van der Waals surface area contributed by atoms with Crippen molar-refractivity contribution in [2.75, 3.05) is 13.2 Å². The van der Waals surface area contributed by atoms with Gasteiger partial charge in [-0.05, 0) is 36.8 Å². The fourth-order valence-electron chi connectivity index (χ4n) is 2.67. The van der Waals surface area contributed by atoms with E-state index >= 15 is 0 Å². The Hall–Kier alpha value is -2.24. The summed E-state index contributed by atoms with van der Waals surface area (Å²) in [6.45, 7) is 2.00. The van der Waals surface area contributed by atoms with Crippen LogP contribution in [0.15, 0.2) is 48.5 Å². The molecule has 0 radical (unpaired) electrons. The van der Waals surface area contributed by atoms with E-state index in [2.05, 4.69) is 5.32 Å². The molecule has 0 aliphatic carbocycles. The number of carbonyl (C=O) groups excluding carboxylic acids is 2. The summed E-state index contributed by atoms with van der Waals surface area (Å²) in [7, 11) is 0. The molecule has 3 amide bonds. The molecule has 0 spiro atoms. The molecule has 3 rings (SSSR count). The van der Waals surface area contributed by atoms with Gasteiger partial charge in [0, 0.05) is 0 Å². The maximum atomic E-state index is 12.8. The van der Waals surface area contributed by atoms with Gasteiger partial charge in [0.25, 0.3) is 5.91 Å². The number of carbonyl (C=O) groups is 2. The highest BCUT2D eigenvalue weighted by atomic mass is 35.5. The summed E-state index contributed by atoms with van der Waals surface area (Å²) in [4.78, 5) is 26.2. The van der Waals surface area contributed by atoms with E-state index in [0.29, 0.717) is 21.4 Å². The van der Waals surface area contributed by atoms with Crippen LogP contribution in [0.4, 0.5) is 4.79 Å². The molecule has 25 heavy (non-hydrogen) atoms. The lowest BCUT2D eigenvalue weighted by molar-refractivity contribution is -0.131. The zero-order valence-corrected chi connectivity index (χ0v) is 15.0. The third kappa shape index (κ3) is 3.43. The molecule has 2 aromatic rings. The van der Waals surface area contributed by atoms with E-state index in [1.165, 1.54) is 0 Å². The monoisotopic (exact) mass is 378 g/mol. The van der Waals surface area contributed by atoms with Crippen molar-refractivity contribution in [3.8, 4) is 5.75 Å². The number of imide groups is 1. The van der Waals surface area contributed by atoms with Crippen molar-refractivity contribution in [1.82, 2.24) is 10.2 Å². The van der Waals surface area contributed by atoms with Crippen molar-refractivity contribution >= 4 is 35.1 Å². The van der Waals surface area contributed by atoms with Crippen LogP contribution in [0.3, 0.4) is 0 Å². The normalized spacial score (nSPS) is 19.9. The molecule has 1 fully saturated rings. The number of rotatable bonds is 5. The zero-order chi connectivity index (χ0) is 18.0. The summed E-state index contributed by atoms with van der Waals surface area (Å²) < 4.78 is 5.56. The van der Waals surface area contributed by atoms with Crippen molar-refractivity contribution in [2.45, 2.75) is 12.5 Å². The van der Waals surface area contributed by atoms with Crippen molar-refractivity contribution in [2.24, 2.45) is 0 Å². The Morgan fingerprint density at radius 2 is 1.80 bits per heavy atom. The van der Waals surface area contributed by atoms with E-state index in [9.17, 15) is 9.59 Å². The van der Waals surface area contributed by atoms with E-state index in [1.807, 2.05) is 30.3 Å². The SMILES string of the molecule is CC1(c2ccc(Cl)c(Cl)c2)NC(=O)N(CCOc2ccccc2)C1=O. The van der Waals surface area contributed by atoms with E-state index in [4.69, 9.17) is 27.9 Å². The summed E-state index contributed by atoms with van der Waals surface area (Å²) in [6, 6.07) is 13.6. The van der Waals surface area contributed by atoms with Crippen LogP contribution < -0.4 is 10.1 Å². The van der Waals surface area contributed by atoms with Gasteiger partial charge in [-0.2, -0.15) is 0 Å². The van der Waals surface area contributed by atoms with Crippen LogP contribution in [0, 0.1) is 0 Å². The first-order valence-corrected chi connectivity index (χ1v) is 8.45. The first-order valence-electron chi connectivity index (χ1n) is 7.69. The number of hydrogen-bond acceptors (Lipinski definition) is 3. The predicted molar refractivity (Wildman–Crippen MR) is 96.0 cm³/mol. The van der Waals surface area contributed by atoms with E-state index in [0.717, 1.165) is 4.90 Å². The van der Waals surface area contributed by atoms with Crippen LogP contribution in [-0.4, -0.2) is 30.0 Å². The Morgan fingerprint density at radius 3 is 2.48 bits per heavy atom. The third-order valence-electron chi connectivity index (χ3n) is 4.10. The number of halogens is 2. The summed E-state index contributed by atoms with van der Waals surface area (Å²) >= 11 is 12.0. The second kappa shape index (κ2) is 6.94. The van der Waals surface area contributed by atoms with Gasteiger partial charge in [0.15, 0.2) is 0 Å². The molecule has 5 nitrogen and oxygen atoms in total. The highest BCUT2D eigenvalue weighted by molar-refractivity contribution is 6.42. The lowest BCUT2D eigenvalue weighted by Crippen LogP contribution is -2.41. The Morgan fingerprint density at radius 1 is 1.08 bits per heavy atom. The minimum atomic E-state index is -1.18. The molecular formula is C18H16Cl2N2O3. The maximum absolute atomic E-state index is 12.8. The van der Waals surface area contributed by atoms with Crippen LogP contribution in [0.25, 0.3) is 0 Å². The van der Waals surface area contributed by atoms with Crippen molar-refractivity contribution in [3.05, 3.63) is 64.1 Å². The van der Waals surface area contributed by atoms with Crippen LogP contribution in [0.1, 0.15) is 12.5 Å². The van der Waals surface area contributed by atoms with Gasteiger partial charge in [-0.1, -0.05) is 47.5 Å².